The first-order chi connectivity index (χ1) is 9.61. The first-order valence-corrected chi connectivity index (χ1v) is 6.59. The highest BCUT2D eigenvalue weighted by Crippen LogP contribution is 2.17. The van der Waals surface area contributed by atoms with Gasteiger partial charge in [0.15, 0.2) is 0 Å². The molecule has 2 aromatic rings. The fraction of sp³-hybridized carbons (Fsp3) is 0.235. The largest absolute Gasteiger partial charge is 0.306 e. The Labute approximate surface area is 118 Å². The Morgan fingerprint density at radius 2 is 2.00 bits per heavy atom. The molecule has 0 saturated carbocycles. The van der Waals surface area contributed by atoms with Crippen molar-refractivity contribution in [3.63, 3.8) is 0 Å². The van der Waals surface area contributed by atoms with Crippen molar-refractivity contribution >= 4 is 0 Å². The zero-order chi connectivity index (χ0) is 14.5. The standard InChI is InChI=1S/C17H17FN2/c1-12-9-14(10-19)7-8-15(12)11-20-13(2)16-5-3-4-6-17(16)18/h3-9,13,20H,11H2,1-2H3/t13-/m1/s1. The van der Waals surface area contributed by atoms with Gasteiger partial charge in [0.2, 0.25) is 0 Å². The van der Waals surface area contributed by atoms with Crippen LogP contribution in [0.1, 0.15) is 35.2 Å². The highest BCUT2D eigenvalue weighted by molar-refractivity contribution is 5.37. The van der Waals surface area contributed by atoms with Gasteiger partial charge < -0.3 is 5.32 Å². The molecule has 0 spiro atoms. The van der Waals surface area contributed by atoms with Gasteiger partial charge in [-0.05, 0) is 43.2 Å². The Kier molecular flexibility index (Phi) is 4.49. The molecular weight excluding hydrogens is 251 g/mol. The van der Waals surface area contributed by atoms with Crippen LogP contribution >= 0.6 is 0 Å². The van der Waals surface area contributed by atoms with E-state index in [1.807, 2.05) is 32.0 Å². The first-order valence-electron chi connectivity index (χ1n) is 6.59. The molecule has 0 aliphatic heterocycles. The van der Waals surface area contributed by atoms with E-state index in [4.69, 9.17) is 5.26 Å². The summed E-state index contributed by atoms with van der Waals surface area (Å²) in [4.78, 5) is 0. The second-order valence-electron chi connectivity index (χ2n) is 4.88. The summed E-state index contributed by atoms with van der Waals surface area (Å²) in [5.74, 6) is -0.191. The monoisotopic (exact) mass is 268 g/mol. The molecule has 102 valence electrons. The van der Waals surface area contributed by atoms with E-state index in [0.29, 0.717) is 17.7 Å². The lowest BCUT2D eigenvalue weighted by molar-refractivity contribution is 0.527. The molecule has 0 amide bonds. The van der Waals surface area contributed by atoms with E-state index in [1.54, 1.807) is 18.2 Å². The third-order valence-corrected chi connectivity index (χ3v) is 3.44. The highest BCUT2D eigenvalue weighted by Gasteiger charge is 2.10. The lowest BCUT2D eigenvalue weighted by atomic mass is 10.0. The molecule has 0 radical (unpaired) electrons. The van der Waals surface area contributed by atoms with Gasteiger partial charge >= 0.3 is 0 Å². The highest BCUT2D eigenvalue weighted by atomic mass is 19.1. The van der Waals surface area contributed by atoms with Crippen molar-refractivity contribution < 1.29 is 4.39 Å². The molecule has 0 bridgehead atoms. The summed E-state index contributed by atoms with van der Waals surface area (Å²) >= 11 is 0. The van der Waals surface area contributed by atoms with Gasteiger partial charge in [-0.25, -0.2) is 4.39 Å². The molecule has 0 aromatic heterocycles. The molecule has 0 saturated heterocycles. The number of hydrogen-bond acceptors (Lipinski definition) is 2. The summed E-state index contributed by atoms with van der Waals surface area (Å²) in [7, 11) is 0. The van der Waals surface area contributed by atoms with E-state index >= 15 is 0 Å². The van der Waals surface area contributed by atoms with E-state index in [2.05, 4.69) is 11.4 Å². The number of aryl methyl sites for hydroxylation is 1. The molecule has 0 fully saturated rings. The molecular formula is C17H17FN2. The van der Waals surface area contributed by atoms with Crippen LogP contribution < -0.4 is 5.32 Å². The minimum atomic E-state index is -0.191. The third-order valence-electron chi connectivity index (χ3n) is 3.44. The lowest BCUT2D eigenvalue weighted by Gasteiger charge is -2.16. The van der Waals surface area contributed by atoms with Crippen LogP contribution in [0.4, 0.5) is 4.39 Å². The minimum Gasteiger partial charge on any atom is -0.306 e. The number of nitriles is 1. The average molecular weight is 268 g/mol. The maximum absolute atomic E-state index is 13.7. The summed E-state index contributed by atoms with van der Waals surface area (Å²) in [5.41, 5.74) is 3.51. The number of benzene rings is 2. The molecule has 1 N–H and O–H groups in total. The van der Waals surface area contributed by atoms with E-state index < -0.39 is 0 Å². The summed E-state index contributed by atoms with van der Waals surface area (Å²) in [6, 6.07) is 14.5. The van der Waals surface area contributed by atoms with Gasteiger partial charge in [0, 0.05) is 18.2 Å². The summed E-state index contributed by atoms with van der Waals surface area (Å²) in [6.45, 7) is 4.57. The van der Waals surface area contributed by atoms with Crippen LogP contribution in [0.25, 0.3) is 0 Å². The predicted molar refractivity (Wildman–Crippen MR) is 77.5 cm³/mol. The molecule has 0 aliphatic carbocycles. The number of hydrogen-bond donors (Lipinski definition) is 1. The molecule has 3 heteroatoms. The van der Waals surface area contributed by atoms with E-state index in [-0.39, 0.29) is 11.9 Å². The zero-order valence-corrected chi connectivity index (χ0v) is 11.7. The smallest absolute Gasteiger partial charge is 0.127 e. The SMILES string of the molecule is Cc1cc(C#N)ccc1CN[C@H](C)c1ccccc1F. The number of rotatable bonds is 4. The topological polar surface area (TPSA) is 35.8 Å². The van der Waals surface area contributed by atoms with Crippen LogP contribution in [0.3, 0.4) is 0 Å². The van der Waals surface area contributed by atoms with Crippen molar-refractivity contribution in [1.82, 2.24) is 5.32 Å². The van der Waals surface area contributed by atoms with Crippen molar-refractivity contribution in [1.29, 1.82) is 5.26 Å². The maximum atomic E-state index is 13.7. The van der Waals surface area contributed by atoms with Gasteiger partial charge in [-0.2, -0.15) is 5.26 Å². The Bertz CT molecular complexity index is 644. The normalized spacial score (nSPS) is 11.9. The second-order valence-corrected chi connectivity index (χ2v) is 4.88. The van der Waals surface area contributed by atoms with Crippen molar-refractivity contribution in [2.45, 2.75) is 26.4 Å². The molecule has 0 aliphatic rings. The summed E-state index contributed by atoms with van der Waals surface area (Å²) < 4.78 is 13.7. The molecule has 20 heavy (non-hydrogen) atoms. The molecule has 2 nitrogen and oxygen atoms in total. The van der Waals surface area contributed by atoms with Gasteiger partial charge in [0.25, 0.3) is 0 Å². The average Bonchev–Trinajstić information content (AvgIpc) is 2.46. The Morgan fingerprint density at radius 1 is 1.25 bits per heavy atom. The van der Waals surface area contributed by atoms with Crippen molar-refractivity contribution in [2.75, 3.05) is 0 Å². The minimum absolute atomic E-state index is 0.0637. The number of nitrogens with one attached hydrogen (secondary N) is 1. The fourth-order valence-electron chi connectivity index (χ4n) is 2.16. The van der Waals surface area contributed by atoms with Gasteiger partial charge in [-0.1, -0.05) is 24.3 Å². The Hall–Kier alpha value is -2.18. The van der Waals surface area contributed by atoms with Crippen LogP contribution in [-0.2, 0) is 6.54 Å². The van der Waals surface area contributed by atoms with Crippen LogP contribution in [0, 0.1) is 24.1 Å². The van der Waals surface area contributed by atoms with Crippen molar-refractivity contribution in [3.05, 3.63) is 70.5 Å². The third kappa shape index (κ3) is 3.23. The lowest BCUT2D eigenvalue weighted by Crippen LogP contribution is -2.19. The van der Waals surface area contributed by atoms with Crippen LogP contribution in [0.5, 0.6) is 0 Å². The van der Waals surface area contributed by atoms with E-state index in [9.17, 15) is 4.39 Å². The Morgan fingerprint density at radius 3 is 2.65 bits per heavy atom. The number of halogens is 1. The van der Waals surface area contributed by atoms with Gasteiger partial charge in [-0.15, -0.1) is 0 Å². The van der Waals surface area contributed by atoms with Crippen LogP contribution in [0.15, 0.2) is 42.5 Å². The molecule has 1 atom stereocenters. The quantitative estimate of drug-likeness (QED) is 0.914. The Balaban J connectivity index is 2.06. The molecule has 0 heterocycles. The van der Waals surface area contributed by atoms with Gasteiger partial charge in [0.05, 0.1) is 11.6 Å². The molecule has 2 rings (SSSR count). The maximum Gasteiger partial charge on any atom is 0.127 e. The van der Waals surface area contributed by atoms with Crippen molar-refractivity contribution in [3.8, 4) is 6.07 Å². The van der Waals surface area contributed by atoms with E-state index in [0.717, 1.165) is 11.1 Å². The number of nitrogens with zero attached hydrogens (tertiary/aromatic N) is 1. The fourth-order valence-corrected chi connectivity index (χ4v) is 2.16. The predicted octanol–water partition coefficient (Wildman–Crippen LogP) is 3.86. The first kappa shape index (κ1) is 14.2. The van der Waals surface area contributed by atoms with E-state index in [1.165, 1.54) is 6.07 Å². The van der Waals surface area contributed by atoms with Crippen LogP contribution in [-0.4, -0.2) is 0 Å². The summed E-state index contributed by atoms with van der Waals surface area (Å²) in [5, 5.41) is 12.2. The summed E-state index contributed by atoms with van der Waals surface area (Å²) in [6.07, 6.45) is 0. The molecule has 2 aromatic carbocycles. The molecule has 0 unspecified atom stereocenters. The van der Waals surface area contributed by atoms with Crippen LogP contribution in [0.2, 0.25) is 0 Å². The van der Waals surface area contributed by atoms with Gasteiger partial charge in [-0.3, -0.25) is 0 Å². The van der Waals surface area contributed by atoms with Crippen molar-refractivity contribution in [2.24, 2.45) is 0 Å². The van der Waals surface area contributed by atoms with Gasteiger partial charge in [0.1, 0.15) is 5.82 Å². The zero-order valence-electron chi connectivity index (χ0n) is 11.7. The second kappa shape index (κ2) is 6.31.